The van der Waals surface area contributed by atoms with Crippen LogP contribution in [0.2, 0.25) is 0 Å². The fourth-order valence-electron chi connectivity index (χ4n) is 2.64. The lowest BCUT2D eigenvalue weighted by Crippen LogP contribution is -2.42. The molecule has 0 aromatic carbocycles. The Bertz CT molecular complexity index is 385. The van der Waals surface area contributed by atoms with Crippen molar-refractivity contribution < 1.29 is 0 Å². The minimum Gasteiger partial charge on any atom is -0.271 e. The van der Waals surface area contributed by atoms with E-state index in [1.807, 2.05) is 0 Å². The fraction of sp³-hybridized carbons (Fsp3) is 0.786. The van der Waals surface area contributed by atoms with Crippen LogP contribution in [0, 0.1) is 5.92 Å². The maximum Gasteiger partial charge on any atom is 0.0766 e. The van der Waals surface area contributed by atoms with Crippen LogP contribution in [0.5, 0.6) is 0 Å². The zero-order valence-electron chi connectivity index (χ0n) is 12.5. The summed E-state index contributed by atoms with van der Waals surface area (Å²) < 4.78 is 3.25. The molecule has 1 rings (SSSR count). The number of aryl methyl sites for hydroxylation is 2. The molecule has 0 aliphatic carbocycles. The molecule has 1 heterocycles. The minimum absolute atomic E-state index is 0.304. The van der Waals surface area contributed by atoms with Gasteiger partial charge in [-0.15, -0.1) is 0 Å². The predicted octanol–water partition coefficient (Wildman–Crippen LogP) is 3.04. The Kier molecular flexibility index (Phi) is 7.04. The van der Waals surface area contributed by atoms with Crippen LogP contribution in [0.4, 0.5) is 0 Å². The second-order valence-corrected chi connectivity index (χ2v) is 5.72. The van der Waals surface area contributed by atoms with Crippen LogP contribution in [0.1, 0.15) is 51.9 Å². The van der Waals surface area contributed by atoms with Crippen LogP contribution < -0.4 is 11.3 Å². The number of rotatable bonds is 8. The fourth-order valence-corrected chi connectivity index (χ4v) is 3.37. The summed E-state index contributed by atoms with van der Waals surface area (Å²) in [7, 11) is 0. The Labute approximate surface area is 125 Å². The van der Waals surface area contributed by atoms with Crippen LogP contribution in [0.15, 0.2) is 4.47 Å². The number of nitrogens with zero attached hydrogens (tertiary/aromatic N) is 2. The first-order valence-electron chi connectivity index (χ1n) is 7.32. The summed E-state index contributed by atoms with van der Waals surface area (Å²) in [5.74, 6) is 6.36. The molecule has 0 fully saturated rings. The molecule has 1 atom stereocenters. The quantitative estimate of drug-likeness (QED) is 0.569. The largest absolute Gasteiger partial charge is 0.271 e. The van der Waals surface area contributed by atoms with Gasteiger partial charge in [-0.05, 0) is 35.2 Å². The maximum absolute atomic E-state index is 5.76. The lowest BCUT2D eigenvalue weighted by atomic mass is 9.91. The highest BCUT2D eigenvalue weighted by molar-refractivity contribution is 9.10. The van der Waals surface area contributed by atoms with Crippen LogP contribution in [0.3, 0.4) is 0 Å². The van der Waals surface area contributed by atoms with Crippen molar-refractivity contribution in [3.63, 3.8) is 0 Å². The van der Waals surface area contributed by atoms with Crippen molar-refractivity contribution in [2.75, 3.05) is 0 Å². The van der Waals surface area contributed by atoms with E-state index < -0.39 is 0 Å². The average Bonchev–Trinajstić information content (AvgIpc) is 2.74. The van der Waals surface area contributed by atoms with Gasteiger partial charge in [-0.25, -0.2) is 0 Å². The molecule has 0 amide bonds. The normalized spacial score (nSPS) is 13.2. The third-order valence-corrected chi connectivity index (χ3v) is 4.85. The molecule has 5 heteroatoms. The molecule has 110 valence electrons. The first-order valence-corrected chi connectivity index (χ1v) is 8.12. The first-order chi connectivity index (χ1) is 9.12. The van der Waals surface area contributed by atoms with Gasteiger partial charge in [-0.2, -0.15) is 5.10 Å². The Morgan fingerprint density at radius 2 is 1.89 bits per heavy atom. The minimum atomic E-state index is 0.304. The van der Waals surface area contributed by atoms with Crippen molar-refractivity contribution in [1.82, 2.24) is 15.2 Å². The number of hydrazine groups is 1. The number of hydrogen-bond acceptors (Lipinski definition) is 3. The molecule has 1 aromatic heterocycles. The van der Waals surface area contributed by atoms with E-state index in [9.17, 15) is 0 Å². The summed E-state index contributed by atoms with van der Waals surface area (Å²) in [6.07, 6.45) is 4.16. The second-order valence-electron chi connectivity index (χ2n) is 4.93. The van der Waals surface area contributed by atoms with Gasteiger partial charge in [0.2, 0.25) is 0 Å². The van der Waals surface area contributed by atoms with Gasteiger partial charge in [-0.1, -0.05) is 33.6 Å². The highest BCUT2D eigenvalue weighted by Crippen LogP contribution is 2.26. The SMILES string of the molecule is CCc1nn(CC)c(CC(NN)C(CC)CC)c1Br. The third-order valence-electron chi connectivity index (χ3n) is 3.94. The van der Waals surface area contributed by atoms with E-state index in [2.05, 4.69) is 58.8 Å². The molecule has 0 aliphatic heterocycles. The van der Waals surface area contributed by atoms with E-state index in [1.54, 1.807) is 0 Å². The molecular formula is C14H27BrN4. The number of aromatic nitrogens is 2. The maximum atomic E-state index is 5.76. The molecule has 1 aromatic rings. The van der Waals surface area contributed by atoms with Gasteiger partial charge in [0, 0.05) is 19.0 Å². The van der Waals surface area contributed by atoms with Gasteiger partial charge in [0.15, 0.2) is 0 Å². The third kappa shape index (κ3) is 3.80. The molecule has 0 radical (unpaired) electrons. The summed E-state index contributed by atoms with van der Waals surface area (Å²) in [6, 6.07) is 0.304. The van der Waals surface area contributed by atoms with Gasteiger partial charge in [-0.3, -0.25) is 16.0 Å². The van der Waals surface area contributed by atoms with Crippen molar-refractivity contribution in [1.29, 1.82) is 0 Å². The molecule has 19 heavy (non-hydrogen) atoms. The summed E-state index contributed by atoms with van der Waals surface area (Å²) in [4.78, 5) is 0. The molecule has 4 nitrogen and oxygen atoms in total. The van der Waals surface area contributed by atoms with Crippen LogP contribution in [-0.2, 0) is 19.4 Å². The lowest BCUT2D eigenvalue weighted by Gasteiger charge is -2.25. The highest BCUT2D eigenvalue weighted by atomic mass is 79.9. The molecule has 3 N–H and O–H groups in total. The zero-order valence-corrected chi connectivity index (χ0v) is 14.1. The zero-order chi connectivity index (χ0) is 14.4. The van der Waals surface area contributed by atoms with Gasteiger partial charge >= 0.3 is 0 Å². The Morgan fingerprint density at radius 1 is 1.26 bits per heavy atom. The van der Waals surface area contributed by atoms with Gasteiger partial charge < -0.3 is 0 Å². The number of nitrogens with two attached hydrogens (primary N) is 1. The van der Waals surface area contributed by atoms with E-state index in [0.29, 0.717) is 12.0 Å². The Morgan fingerprint density at radius 3 is 2.32 bits per heavy atom. The molecule has 0 saturated carbocycles. The number of hydrogen-bond donors (Lipinski definition) is 2. The second kappa shape index (κ2) is 8.02. The van der Waals surface area contributed by atoms with E-state index >= 15 is 0 Å². The smallest absolute Gasteiger partial charge is 0.0766 e. The predicted molar refractivity (Wildman–Crippen MR) is 83.9 cm³/mol. The summed E-state index contributed by atoms with van der Waals surface area (Å²) in [6.45, 7) is 9.61. The van der Waals surface area contributed by atoms with Gasteiger partial charge in [0.25, 0.3) is 0 Å². The summed E-state index contributed by atoms with van der Waals surface area (Å²) in [5, 5.41) is 4.65. The molecule has 1 unspecified atom stereocenters. The topological polar surface area (TPSA) is 55.9 Å². The monoisotopic (exact) mass is 330 g/mol. The molecule has 0 bridgehead atoms. The average molecular weight is 331 g/mol. The summed E-state index contributed by atoms with van der Waals surface area (Å²) >= 11 is 3.70. The number of nitrogens with one attached hydrogen (secondary N) is 1. The highest BCUT2D eigenvalue weighted by Gasteiger charge is 2.22. The van der Waals surface area contributed by atoms with E-state index in [4.69, 9.17) is 5.84 Å². The molecule has 0 aliphatic rings. The van der Waals surface area contributed by atoms with Crippen LogP contribution in [0.25, 0.3) is 0 Å². The molecular weight excluding hydrogens is 304 g/mol. The van der Waals surface area contributed by atoms with Crippen molar-refractivity contribution in [3.05, 3.63) is 15.9 Å². The van der Waals surface area contributed by atoms with Crippen molar-refractivity contribution in [2.24, 2.45) is 11.8 Å². The standard InChI is InChI=1S/C14H27BrN4/c1-5-10(6-2)12(17-16)9-13-14(15)11(7-3)18-19(13)8-4/h10,12,17H,5-9,16H2,1-4H3. The lowest BCUT2D eigenvalue weighted by molar-refractivity contribution is 0.329. The summed E-state index contributed by atoms with van der Waals surface area (Å²) in [5.41, 5.74) is 5.39. The van der Waals surface area contributed by atoms with Crippen molar-refractivity contribution in [3.8, 4) is 0 Å². The molecule has 0 saturated heterocycles. The van der Waals surface area contributed by atoms with E-state index in [0.717, 1.165) is 42.4 Å². The Hall–Kier alpha value is -0.390. The van der Waals surface area contributed by atoms with Crippen LogP contribution in [-0.4, -0.2) is 15.8 Å². The van der Waals surface area contributed by atoms with Gasteiger partial charge in [0.05, 0.1) is 15.9 Å². The molecule has 0 spiro atoms. The van der Waals surface area contributed by atoms with Gasteiger partial charge in [0.1, 0.15) is 0 Å². The van der Waals surface area contributed by atoms with E-state index in [-0.39, 0.29) is 0 Å². The van der Waals surface area contributed by atoms with Crippen molar-refractivity contribution >= 4 is 15.9 Å². The van der Waals surface area contributed by atoms with Crippen LogP contribution >= 0.6 is 15.9 Å². The van der Waals surface area contributed by atoms with Crippen molar-refractivity contribution in [2.45, 2.75) is 66.0 Å². The first kappa shape index (κ1) is 16.7. The Balaban J connectivity index is 2.98. The van der Waals surface area contributed by atoms with E-state index in [1.165, 1.54) is 5.69 Å². The number of halogens is 1.